The average molecular weight is 1250 g/mol. The molecule has 13 atom stereocenters. The van der Waals surface area contributed by atoms with Crippen LogP contribution in [0.5, 0.6) is 0 Å². The molecule has 2 fully saturated rings. The van der Waals surface area contributed by atoms with E-state index in [1.165, 1.54) is 0 Å². The molecule has 6 rings (SSSR count). The Morgan fingerprint density at radius 3 is 1.75 bits per heavy atom. The van der Waals surface area contributed by atoms with Crippen LogP contribution in [0.25, 0.3) is 10.4 Å². The van der Waals surface area contributed by atoms with E-state index in [-0.39, 0.29) is 77.5 Å². The summed E-state index contributed by atoms with van der Waals surface area (Å²) in [4.78, 5) is 71.9. The molecule has 0 aliphatic carbocycles. The molecule has 3 aliphatic heterocycles. The molecule has 23 nitrogen and oxygen atoms in total. The number of phosphoric ester groups is 1. The molecule has 3 aliphatic rings. The Balaban J connectivity index is 1.51. The predicted octanol–water partition coefficient (Wildman–Crippen LogP) is 11.2. The van der Waals surface area contributed by atoms with E-state index in [1.807, 2.05) is 108 Å². The lowest BCUT2D eigenvalue weighted by molar-refractivity contribution is -0.301. The van der Waals surface area contributed by atoms with Gasteiger partial charge in [0, 0.05) is 24.2 Å². The maximum Gasteiger partial charge on any atom is 0.475 e. The summed E-state index contributed by atoms with van der Waals surface area (Å²) in [5.74, 6) is -3.40. The first-order valence-electron chi connectivity index (χ1n) is 30.2. The van der Waals surface area contributed by atoms with E-state index < -0.39 is 137 Å². The zero-order valence-electron chi connectivity index (χ0n) is 52.0. The van der Waals surface area contributed by atoms with Crippen molar-refractivity contribution in [2.24, 2.45) is 11.0 Å². The Morgan fingerprint density at radius 1 is 0.667 bits per heavy atom. The summed E-state index contributed by atoms with van der Waals surface area (Å²) in [6.07, 6.45) is -13.1. The third kappa shape index (κ3) is 21.0. The van der Waals surface area contributed by atoms with Gasteiger partial charge in [0.05, 0.1) is 52.5 Å². The van der Waals surface area contributed by atoms with E-state index in [0.717, 1.165) is 11.1 Å². The van der Waals surface area contributed by atoms with E-state index in [2.05, 4.69) is 15.3 Å². The summed E-state index contributed by atoms with van der Waals surface area (Å²) in [5, 5.41) is 6.71. The number of carbonyl (C=O) groups excluding carboxylic acids is 5. The van der Waals surface area contributed by atoms with Gasteiger partial charge in [-0.15, -0.1) is 0 Å². The molecule has 0 aromatic heterocycles. The molecule has 0 spiro atoms. The van der Waals surface area contributed by atoms with Gasteiger partial charge in [-0.25, -0.2) is 4.57 Å². The zero-order chi connectivity index (χ0) is 63.3. The van der Waals surface area contributed by atoms with Crippen molar-refractivity contribution in [3.8, 4) is 0 Å². The Morgan fingerprint density at radius 2 is 1.20 bits per heavy atom. The molecule has 2 saturated heterocycles. The number of benzene rings is 3. The van der Waals surface area contributed by atoms with Crippen molar-refractivity contribution < 1.29 is 89.2 Å². The number of hydrogen-bond donors (Lipinski definition) is 1. The van der Waals surface area contributed by atoms with Crippen molar-refractivity contribution in [1.29, 1.82) is 0 Å². The lowest BCUT2D eigenvalue weighted by Gasteiger charge is -2.49. The number of hydrogen-bond acceptors (Lipinski definition) is 20. The molecular formula is C62H89N4O19PSi. The van der Waals surface area contributed by atoms with Crippen LogP contribution in [0.15, 0.2) is 90.0 Å². The molecular weight excluding hydrogens is 1160 g/mol. The van der Waals surface area contributed by atoms with Gasteiger partial charge in [-0.1, -0.05) is 159 Å². The van der Waals surface area contributed by atoms with Crippen molar-refractivity contribution in [2.75, 3.05) is 13.2 Å². The van der Waals surface area contributed by atoms with Crippen LogP contribution in [0, 0.1) is 5.92 Å². The summed E-state index contributed by atoms with van der Waals surface area (Å²) >= 11 is 0. The number of ether oxygens (including phenoxy) is 9. The van der Waals surface area contributed by atoms with Crippen molar-refractivity contribution in [1.82, 2.24) is 5.32 Å². The van der Waals surface area contributed by atoms with Gasteiger partial charge in [-0.3, -0.25) is 37.5 Å². The highest BCUT2D eigenvalue weighted by Gasteiger charge is 2.56. The van der Waals surface area contributed by atoms with Gasteiger partial charge in [-0.05, 0) is 64.7 Å². The second-order valence-corrected chi connectivity index (χ2v) is 29.8. The third-order valence-corrected chi connectivity index (χ3v) is 21.7. The molecule has 1 amide bonds. The number of phosphoric acid groups is 1. The number of amides is 1. The van der Waals surface area contributed by atoms with E-state index in [0.29, 0.717) is 17.5 Å². The van der Waals surface area contributed by atoms with Crippen molar-refractivity contribution >= 4 is 45.9 Å². The fraction of sp³-hybridized carbons (Fsp3) is 0.629. The SMILES string of the molecule is CCC(=O)O[C@H](CC)CC(=O)NC1[C@H](OCC2OC(O[Si](C)(C)C(C)(C)C)C(N=[N+]=[N-])[C@@H](OC(=O)C[C@H](C)CC)[C@H]2OCc2ccccc2)OC(COCc2ccccc2)[C@@H](OP2(=O)OCc3ccccc3CO2)[C@@H]1OC(=O)C[C@@H](CC)OC(=O)CC. The van der Waals surface area contributed by atoms with Crippen molar-refractivity contribution in [3.63, 3.8) is 0 Å². The molecule has 3 aromatic rings. The number of fused-ring (bicyclic) bond motifs is 1. The first kappa shape index (κ1) is 70.5. The van der Waals surface area contributed by atoms with Crippen LogP contribution in [0.1, 0.15) is 136 Å². The van der Waals surface area contributed by atoms with Crippen LogP contribution in [0.3, 0.4) is 0 Å². The Labute approximate surface area is 512 Å². The number of azide groups is 1. The highest BCUT2D eigenvalue weighted by atomic mass is 31.2. The molecule has 25 heteroatoms. The summed E-state index contributed by atoms with van der Waals surface area (Å²) < 4.78 is 98.4. The van der Waals surface area contributed by atoms with Crippen LogP contribution < -0.4 is 5.32 Å². The van der Waals surface area contributed by atoms with E-state index in [9.17, 15) is 29.5 Å². The second kappa shape index (κ2) is 33.8. The number of esters is 4. The van der Waals surface area contributed by atoms with Crippen LogP contribution in [0.2, 0.25) is 18.1 Å². The first-order chi connectivity index (χ1) is 41.5. The highest BCUT2D eigenvalue weighted by Crippen LogP contribution is 2.55. The van der Waals surface area contributed by atoms with Crippen molar-refractivity contribution in [2.45, 2.75) is 232 Å². The molecule has 480 valence electrons. The first-order valence-corrected chi connectivity index (χ1v) is 34.5. The minimum atomic E-state index is -4.69. The summed E-state index contributed by atoms with van der Waals surface area (Å²) in [6, 6.07) is 22.7. The van der Waals surface area contributed by atoms with E-state index >= 15 is 4.57 Å². The molecule has 3 heterocycles. The molecule has 5 unspecified atom stereocenters. The number of nitrogens with zero attached hydrogens (tertiary/aromatic N) is 3. The smallest absolute Gasteiger partial charge is 0.462 e. The summed E-state index contributed by atoms with van der Waals surface area (Å²) in [6.45, 7) is 19.4. The number of nitrogens with one attached hydrogen (secondary N) is 1. The zero-order valence-corrected chi connectivity index (χ0v) is 53.9. The monoisotopic (exact) mass is 1250 g/mol. The standard InChI is InChI=1S/C62H89N4O19PSi/c1-12-40(6)31-52(70)82-59-55(65-66-63)61(85-87(10,11)62(7,8)9)81-48(56(59)74-35-42-27-21-18-22-28-42)39-75-60-54(64-49(67)32-45(13-2)78-50(68)15-4)58(83-53(71)33-46(14-3)79-51(69)16-5)57(47(80-60)38-73-34-41-25-19-17-20-26-41)84-86(72)76-36-43-29-23-24-30-44(43)37-77-86/h17-30,40,45-48,54-61H,12-16,31-39H2,1-11H3,(H,64,67)/t40-,45-,46-,47?,48?,54?,55?,56+,57-,58-,59-,60-,61?/m1/s1. The van der Waals surface area contributed by atoms with E-state index in [1.54, 1.807) is 52.0 Å². The quantitative estimate of drug-likeness (QED) is 0.0119. The molecule has 0 saturated carbocycles. The lowest BCUT2D eigenvalue weighted by Crippen LogP contribution is -2.67. The van der Waals surface area contributed by atoms with Gasteiger partial charge in [0.1, 0.15) is 54.8 Å². The molecule has 87 heavy (non-hydrogen) atoms. The molecule has 1 N–H and O–H groups in total. The Hall–Kier alpha value is -5.59. The fourth-order valence-electron chi connectivity index (χ4n) is 9.46. The van der Waals surface area contributed by atoms with Crippen LogP contribution in [0.4, 0.5) is 0 Å². The molecule has 0 radical (unpaired) electrons. The second-order valence-electron chi connectivity index (χ2n) is 23.5. The van der Waals surface area contributed by atoms with Crippen LogP contribution in [-0.4, -0.2) is 125 Å². The summed E-state index contributed by atoms with van der Waals surface area (Å²) in [5.41, 5.74) is 13.1. The van der Waals surface area contributed by atoms with Gasteiger partial charge < -0.3 is 52.4 Å². The highest BCUT2D eigenvalue weighted by molar-refractivity contribution is 7.48. The molecule has 0 bridgehead atoms. The minimum Gasteiger partial charge on any atom is -0.462 e. The summed E-state index contributed by atoms with van der Waals surface area (Å²) in [7, 11) is -7.52. The predicted molar refractivity (Wildman–Crippen MR) is 320 cm³/mol. The number of rotatable bonds is 31. The third-order valence-electron chi connectivity index (χ3n) is 15.9. The average Bonchev–Trinajstić information content (AvgIpc) is 1.53. The van der Waals surface area contributed by atoms with Crippen molar-refractivity contribution in [3.05, 3.63) is 118 Å². The largest absolute Gasteiger partial charge is 0.475 e. The Bertz CT molecular complexity index is 2760. The lowest BCUT2D eigenvalue weighted by atomic mass is 9.95. The Kier molecular flexibility index (Phi) is 27.4. The van der Waals surface area contributed by atoms with Crippen LogP contribution >= 0.6 is 7.82 Å². The van der Waals surface area contributed by atoms with Gasteiger partial charge in [0.25, 0.3) is 0 Å². The maximum absolute atomic E-state index is 15.1. The normalized spacial score (nSPS) is 24.8. The molecule has 3 aromatic carbocycles. The number of carbonyl (C=O) groups is 5. The van der Waals surface area contributed by atoms with Gasteiger partial charge >= 0.3 is 31.7 Å². The maximum atomic E-state index is 15.1. The minimum absolute atomic E-state index is 0.0259. The van der Waals surface area contributed by atoms with Gasteiger partial charge in [0.2, 0.25) is 5.91 Å². The van der Waals surface area contributed by atoms with E-state index in [4.69, 9.17) is 60.6 Å². The fourth-order valence-corrected chi connectivity index (χ4v) is 11.9. The van der Waals surface area contributed by atoms with Gasteiger partial charge in [0.15, 0.2) is 27.0 Å². The topological polar surface area (TPSA) is 283 Å². The van der Waals surface area contributed by atoms with Gasteiger partial charge in [-0.2, -0.15) is 0 Å². The van der Waals surface area contributed by atoms with Crippen LogP contribution in [-0.2, 0) is 116 Å².